The van der Waals surface area contributed by atoms with E-state index < -0.39 is 15.7 Å². The maximum absolute atomic E-state index is 12.9. The molecule has 4 rings (SSSR count). The molecule has 2 N–H and O–H groups in total. The van der Waals surface area contributed by atoms with Gasteiger partial charge in [-0.15, -0.1) is 0 Å². The van der Waals surface area contributed by atoms with Gasteiger partial charge >= 0.3 is 0 Å². The fraction of sp³-hybridized carbons (Fsp3) is 0.636. The molecule has 2 fully saturated rings. The standard InChI is InChI=1S/C22H31N3O5S/c1-14(26)17-11-15(21(17,2)3)12-20(27)25-9-7-22(8-10-25)23-18-13-16(30-4)5-6-19(18)31(28,29)24-22/h5-6,13,15,17,23-24H,7-12H2,1-4H3/t15-,17-/m1/s1. The number of amides is 1. The minimum absolute atomic E-state index is 0.0350. The first kappa shape index (κ1) is 22.1. The fourth-order valence-corrected chi connectivity index (χ4v) is 6.85. The number of fused-ring (bicyclic) bond motifs is 1. The van der Waals surface area contributed by atoms with Crippen LogP contribution in [0.5, 0.6) is 5.75 Å². The van der Waals surface area contributed by atoms with Crippen molar-refractivity contribution in [3.05, 3.63) is 18.2 Å². The molecule has 1 aromatic rings. The second-order valence-corrected chi connectivity index (χ2v) is 11.3. The molecule has 8 nitrogen and oxygen atoms in total. The number of likely N-dealkylation sites (tertiary alicyclic amines) is 1. The van der Waals surface area contributed by atoms with Crippen LogP contribution in [0.1, 0.15) is 46.5 Å². The molecule has 3 aliphatic rings. The molecule has 2 heterocycles. The van der Waals surface area contributed by atoms with Gasteiger partial charge in [0.15, 0.2) is 0 Å². The SMILES string of the molecule is COc1ccc2c(c1)NC1(CCN(C(=O)C[C@H]3C[C@H](C(C)=O)C3(C)C)CC1)NS2(=O)=O. The summed E-state index contributed by atoms with van der Waals surface area (Å²) in [6.07, 6.45) is 2.15. The molecule has 0 aromatic heterocycles. The number of rotatable bonds is 4. The van der Waals surface area contributed by atoms with E-state index >= 15 is 0 Å². The Bertz CT molecular complexity index is 1010. The average Bonchev–Trinajstić information content (AvgIpc) is 2.69. The number of ketones is 1. The average molecular weight is 450 g/mol. The molecule has 2 atom stereocenters. The van der Waals surface area contributed by atoms with E-state index in [1.54, 1.807) is 26.2 Å². The van der Waals surface area contributed by atoms with Crippen molar-refractivity contribution in [2.45, 2.75) is 57.0 Å². The number of piperidine rings is 1. The lowest BCUT2D eigenvalue weighted by Gasteiger charge is -2.52. The zero-order chi connectivity index (χ0) is 22.6. The molecule has 1 saturated carbocycles. The van der Waals surface area contributed by atoms with E-state index in [9.17, 15) is 18.0 Å². The van der Waals surface area contributed by atoms with Gasteiger partial charge in [0.25, 0.3) is 0 Å². The van der Waals surface area contributed by atoms with Crippen molar-refractivity contribution in [1.29, 1.82) is 0 Å². The number of hydrogen-bond acceptors (Lipinski definition) is 6. The predicted octanol–water partition coefficient (Wildman–Crippen LogP) is 2.36. The number of Topliss-reactive ketones (excluding diaryl/α,β-unsaturated/α-hetero) is 1. The van der Waals surface area contributed by atoms with Gasteiger partial charge in [0, 0.05) is 44.3 Å². The Morgan fingerprint density at radius 3 is 2.48 bits per heavy atom. The van der Waals surface area contributed by atoms with Crippen LogP contribution in [0.15, 0.2) is 23.1 Å². The van der Waals surface area contributed by atoms with Crippen LogP contribution in [0.4, 0.5) is 5.69 Å². The van der Waals surface area contributed by atoms with Crippen molar-refractivity contribution in [1.82, 2.24) is 9.62 Å². The first-order valence-electron chi connectivity index (χ1n) is 10.8. The van der Waals surface area contributed by atoms with Gasteiger partial charge in [-0.1, -0.05) is 13.8 Å². The monoisotopic (exact) mass is 449 g/mol. The first-order chi connectivity index (χ1) is 14.5. The van der Waals surface area contributed by atoms with Gasteiger partial charge in [-0.3, -0.25) is 9.59 Å². The van der Waals surface area contributed by atoms with E-state index in [4.69, 9.17) is 4.74 Å². The Hall–Kier alpha value is -2.13. The Morgan fingerprint density at radius 1 is 1.23 bits per heavy atom. The van der Waals surface area contributed by atoms with Crippen LogP contribution < -0.4 is 14.8 Å². The number of sulfonamides is 1. The largest absolute Gasteiger partial charge is 0.497 e. The van der Waals surface area contributed by atoms with E-state index in [0.29, 0.717) is 43.8 Å². The lowest BCUT2D eigenvalue weighted by Crippen LogP contribution is -2.62. The van der Waals surface area contributed by atoms with E-state index in [1.807, 2.05) is 4.90 Å². The molecule has 31 heavy (non-hydrogen) atoms. The van der Waals surface area contributed by atoms with Gasteiger partial charge in [-0.05, 0) is 36.8 Å². The molecule has 1 spiro atoms. The Balaban J connectivity index is 1.41. The second-order valence-electron chi connectivity index (χ2n) is 9.68. The highest BCUT2D eigenvalue weighted by Crippen LogP contribution is 2.53. The van der Waals surface area contributed by atoms with Crippen molar-refractivity contribution in [2.75, 3.05) is 25.5 Å². The number of carbonyl (C=O) groups excluding carboxylic acids is 2. The summed E-state index contributed by atoms with van der Waals surface area (Å²) in [5.41, 5.74) is -0.448. The molecule has 1 aromatic carbocycles. The normalized spacial score (nSPS) is 27.5. The first-order valence-corrected chi connectivity index (χ1v) is 12.2. The van der Waals surface area contributed by atoms with Crippen LogP contribution >= 0.6 is 0 Å². The van der Waals surface area contributed by atoms with E-state index in [1.165, 1.54) is 6.07 Å². The van der Waals surface area contributed by atoms with Crippen LogP contribution in [0.2, 0.25) is 0 Å². The van der Waals surface area contributed by atoms with E-state index in [0.717, 1.165) is 6.42 Å². The van der Waals surface area contributed by atoms with Crippen molar-refractivity contribution >= 4 is 27.4 Å². The number of methoxy groups -OCH3 is 1. The van der Waals surface area contributed by atoms with Crippen molar-refractivity contribution in [2.24, 2.45) is 17.3 Å². The molecule has 1 aliphatic carbocycles. The summed E-state index contributed by atoms with van der Waals surface area (Å²) in [5.74, 6) is 1.10. The maximum atomic E-state index is 12.9. The highest BCUT2D eigenvalue weighted by atomic mass is 32.2. The summed E-state index contributed by atoms with van der Waals surface area (Å²) in [6.45, 7) is 6.70. The number of benzene rings is 1. The second kappa shape index (κ2) is 7.48. The zero-order valence-electron chi connectivity index (χ0n) is 18.5. The number of nitrogens with zero attached hydrogens (tertiary/aromatic N) is 1. The minimum Gasteiger partial charge on any atom is -0.497 e. The summed E-state index contributed by atoms with van der Waals surface area (Å²) < 4.78 is 33.7. The molecular weight excluding hydrogens is 418 g/mol. The summed E-state index contributed by atoms with van der Waals surface area (Å²) in [5, 5.41) is 3.35. The Kier molecular flexibility index (Phi) is 5.33. The third-order valence-corrected chi connectivity index (χ3v) is 9.13. The number of ether oxygens (including phenoxy) is 1. The predicted molar refractivity (Wildman–Crippen MR) is 116 cm³/mol. The highest BCUT2D eigenvalue weighted by Gasteiger charge is 2.51. The van der Waals surface area contributed by atoms with Gasteiger partial charge in [-0.2, -0.15) is 4.72 Å². The van der Waals surface area contributed by atoms with Crippen LogP contribution in [0.25, 0.3) is 0 Å². The van der Waals surface area contributed by atoms with Crippen LogP contribution in [0.3, 0.4) is 0 Å². The zero-order valence-corrected chi connectivity index (χ0v) is 19.3. The van der Waals surface area contributed by atoms with Crippen molar-refractivity contribution in [3.8, 4) is 5.75 Å². The van der Waals surface area contributed by atoms with Crippen LogP contribution in [-0.4, -0.2) is 50.9 Å². The minimum atomic E-state index is -3.66. The third-order valence-electron chi connectivity index (χ3n) is 7.53. The van der Waals surface area contributed by atoms with Gasteiger partial charge in [0.1, 0.15) is 22.1 Å². The number of carbonyl (C=O) groups is 2. The summed E-state index contributed by atoms with van der Waals surface area (Å²) in [6, 6.07) is 4.85. The molecule has 0 unspecified atom stereocenters. The lowest BCUT2D eigenvalue weighted by molar-refractivity contribution is -0.146. The molecular formula is C22H31N3O5S. The number of hydrogen-bond donors (Lipinski definition) is 2. The summed E-state index contributed by atoms with van der Waals surface area (Å²) >= 11 is 0. The Labute approximate surface area is 183 Å². The van der Waals surface area contributed by atoms with Gasteiger partial charge in [0.05, 0.1) is 12.8 Å². The van der Waals surface area contributed by atoms with E-state index in [-0.39, 0.29) is 33.8 Å². The fourth-order valence-electron chi connectivity index (χ4n) is 5.32. The summed E-state index contributed by atoms with van der Waals surface area (Å²) in [7, 11) is -2.12. The molecule has 1 saturated heterocycles. The molecule has 2 aliphatic heterocycles. The molecule has 1 amide bonds. The molecule has 170 valence electrons. The smallest absolute Gasteiger partial charge is 0.244 e. The van der Waals surface area contributed by atoms with Gasteiger partial charge < -0.3 is 15.0 Å². The molecule has 0 bridgehead atoms. The maximum Gasteiger partial charge on any atom is 0.244 e. The van der Waals surface area contributed by atoms with Crippen molar-refractivity contribution < 1.29 is 22.7 Å². The van der Waals surface area contributed by atoms with Crippen LogP contribution in [0, 0.1) is 17.3 Å². The quantitative estimate of drug-likeness (QED) is 0.731. The number of nitrogens with one attached hydrogen (secondary N) is 2. The lowest BCUT2D eigenvalue weighted by atomic mass is 9.52. The van der Waals surface area contributed by atoms with Gasteiger partial charge in [0.2, 0.25) is 15.9 Å². The topological polar surface area (TPSA) is 105 Å². The highest BCUT2D eigenvalue weighted by molar-refractivity contribution is 7.89. The molecule has 9 heteroatoms. The summed E-state index contributed by atoms with van der Waals surface area (Å²) in [4.78, 5) is 26.7. The Morgan fingerprint density at radius 2 is 1.90 bits per heavy atom. The van der Waals surface area contributed by atoms with Crippen LogP contribution in [-0.2, 0) is 19.6 Å². The third kappa shape index (κ3) is 3.82. The van der Waals surface area contributed by atoms with Gasteiger partial charge in [-0.25, -0.2) is 8.42 Å². The van der Waals surface area contributed by atoms with E-state index in [2.05, 4.69) is 23.9 Å². The number of anilines is 1. The molecule has 0 radical (unpaired) electrons. The van der Waals surface area contributed by atoms with Crippen molar-refractivity contribution in [3.63, 3.8) is 0 Å².